The van der Waals surface area contributed by atoms with Gasteiger partial charge >= 0.3 is 11.9 Å². The lowest BCUT2D eigenvalue weighted by molar-refractivity contribution is -0.176. The van der Waals surface area contributed by atoms with Crippen molar-refractivity contribution in [1.82, 2.24) is 0 Å². The molecule has 4 heteroatoms. The normalized spacial score (nSPS) is 12.9. The second kappa shape index (κ2) is 13.2. The molecule has 0 fully saturated rings. The first kappa shape index (κ1) is 23.9. The van der Waals surface area contributed by atoms with Crippen molar-refractivity contribution in [2.24, 2.45) is 11.3 Å². The van der Waals surface area contributed by atoms with Crippen LogP contribution in [0.25, 0.3) is 0 Å². The van der Waals surface area contributed by atoms with Gasteiger partial charge in [-0.2, -0.15) is 0 Å². The molecule has 0 aromatic carbocycles. The Bertz CT molecular complexity index is 374. The van der Waals surface area contributed by atoms with Crippen molar-refractivity contribution in [3.8, 4) is 0 Å². The molecule has 0 saturated heterocycles. The molecule has 0 amide bonds. The smallest absolute Gasteiger partial charge is 0.347 e. The monoisotopic (exact) mass is 356 g/mol. The van der Waals surface area contributed by atoms with Crippen molar-refractivity contribution >= 4 is 11.9 Å². The minimum atomic E-state index is -0.815. The Labute approximate surface area is 155 Å². The topological polar surface area (TPSA) is 52.6 Å². The summed E-state index contributed by atoms with van der Waals surface area (Å²) in [6, 6.07) is 0. The Morgan fingerprint density at radius 2 is 1.40 bits per heavy atom. The number of carbonyl (C=O) groups is 2. The van der Waals surface area contributed by atoms with Gasteiger partial charge in [0.05, 0.1) is 12.0 Å². The van der Waals surface area contributed by atoms with Gasteiger partial charge in [0.25, 0.3) is 0 Å². The van der Waals surface area contributed by atoms with Gasteiger partial charge in [-0.15, -0.1) is 0 Å². The molecule has 0 heterocycles. The average molecular weight is 357 g/mol. The highest BCUT2D eigenvalue weighted by molar-refractivity contribution is 5.82. The zero-order valence-corrected chi connectivity index (χ0v) is 17.4. The molecule has 1 unspecified atom stereocenters. The summed E-state index contributed by atoms with van der Waals surface area (Å²) in [4.78, 5) is 24.5. The maximum atomic E-state index is 12.5. The summed E-state index contributed by atoms with van der Waals surface area (Å²) in [5.41, 5.74) is -0.568. The molecule has 0 aliphatic carbocycles. The molecule has 0 aromatic heterocycles. The Morgan fingerprint density at radius 1 is 0.880 bits per heavy atom. The molecular weight excluding hydrogens is 316 g/mol. The minimum Gasteiger partial charge on any atom is -0.463 e. The molecule has 0 rings (SSSR count). The van der Waals surface area contributed by atoms with E-state index in [0.29, 0.717) is 6.61 Å². The highest BCUT2D eigenvalue weighted by Gasteiger charge is 2.35. The first-order chi connectivity index (χ1) is 11.8. The van der Waals surface area contributed by atoms with E-state index in [2.05, 4.69) is 6.92 Å². The van der Waals surface area contributed by atoms with Crippen LogP contribution in [0.3, 0.4) is 0 Å². The Balaban J connectivity index is 4.23. The molecule has 0 radical (unpaired) electrons. The van der Waals surface area contributed by atoms with Crippen LogP contribution in [0.2, 0.25) is 0 Å². The van der Waals surface area contributed by atoms with Crippen LogP contribution in [-0.4, -0.2) is 24.6 Å². The van der Waals surface area contributed by atoms with Crippen LogP contribution in [0.15, 0.2) is 0 Å². The summed E-state index contributed by atoms with van der Waals surface area (Å²) in [6.45, 7) is 11.8. The molecule has 1 atom stereocenters. The van der Waals surface area contributed by atoms with Crippen LogP contribution < -0.4 is 0 Å². The van der Waals surface area contributed by atoms with Crippen molar-refractivity contribution in [1.29, 1.82) is 0 Å². The third-order valence-electron chi connectivity index (χ3n) is 4.57. The second-order valence-electron chi connectivity index (χ2n) is 7.93. The van der Waals surface area contributed by atoms with Crippen LogP contribution in [0.1, 0.15) is 99.3 Å². The van der Waals surface area contributed by atoms with E-state index in [1.165, 1.54) is 38.5 Å². The molecule has 0 spiro atoms. The molecule has 0 aliphatic rings. The van der Waals surface area contributed by atoms with Crippen molar-refractivity contribution in [3.63, 3.8) is 0 Å². The third-order valence-corrected chi connectivity index (χ3v) is 4.57. The number of ether oxygens (including phenoxy) is 2. The van der Waals surface area contributed by atoms with E-state index < -0.39 is 17.5 Å². The van der Waals surface area contributed by atoms with Gasteiger partial charge in [0.15, 0.2) is 0 Å². The van der Waals surface area contributed by atoms with Crippen molar-refractivity contribution < 1.29 is 19.1 Å². The van der Waals surface area contributed by atoms with Gasteiger partial charge in [-0.1, -0.05) is 72.1 Å². The molecule has 25 heavy (non-hydrogen) atoms. The number of rotatable bonds is 14. The van der Waals surface area contributed by atoms with E-state index in [9.17, 15) is 9.59 Å². The molecule has 0 aliphatic heterocycles. The molecular formula is C21H40O4. The maximum Gasteiger partial charge on any atom is 0.347 e. The third kappa shape index (κ3) is 10.5. The number of hydrogen-bond donors (Lipinski definition) is 0. The van der Waals surface area contributed by atoms with Gasteiger partial charge < -0.3 is 9.47 Å². The van der Waals surface area contributed by atoms with Crippen LogP contribution in [0, 0.1) is 11.3 Å². The number of carbonyl (C=O) groups excluding carboxylic acids is 2. The van der Waals surface area contributed by atoms with E-state index in [4.69, 9.17) is 9.47 Å². The minimum absolute atomic E-state index is 0.0954. The fraction of sp³-hybridized carbons (Fsp3) is 0.905. The van der Waals surface area contributed by atoms with Crippen LogP contribution in [-0.2, 0) is 19.1 Å². The summed E-state index contributed by atoms with van der Waals surface area (Å²) in [6.07, 6.45) is 9.90. The van der Waals surface area contributed by atoms with E-state index in [1.54, 1.807) is 6.92 Å². The van der Waals surface area contributed by atoms with Crippen molar-refractivity contribution in [2.45, 2.75) is 105 Å². The highest BCUT2D eigenvalue weighted by Crippen LogP contribution is 2.27. The highest BCUT2D eigenvalue weighted by atomic mass is 16.6. The molecule has 0 saturated carbocycles. The zero-order chi connectivity index (χ0) is 19.3. The molecule has 0 N–H and O–H groups in total. The second-order valence-corrected chi connectivity index (χ2v) is 7.93. The summed E-state index contributed by atoms with van der Waals surface area (Å²) < 4.78 is 10.5. The zero-order valence-electron chi connectivity index (χ0n) is 17.4. The van der Waals surface area contributed by atoms with Gasteiger partial charge in [-0.25, -0.2) is 4.79 Å². The molecule has 0 aromatic rings. The van der Waals surface area contributed by atoms with Crippen LogP contribution in [0.4, 0.5) is 0 Å². The van der Waals surface area contributed by atoms with Gasteiger partial charge in [0.2, 0.25) is 6.10 Å². The van der Waals surface area contributed by atoms with Gasteiger partial charge in [-0.05, 0) is 27.2 Å². The molecule has 148 valence electrons. The van der Waals surface area contributed by atoms with E-state index in [-0.39, 0.29) is 11.9 Å². The predicted molar refractivity (Wildman–Crippen MR) is 102 cm³/mol. The summed E-state index contributed by atoms with van der Waals surface area (Å²) >= 11 is 0. The van der Waals surface area contributed by atoms with Gasteiger partial charge in [-0.3, -0.25) is 4.79 Å². The Kier molecular flexibility index (Phi) is 12.6. The van der Waals surface area contributed by atoms with E-state index >= 15 is 0 Å². The average Bonchev–Trinajstić information content (AvgIpc) is 2.54. The van der Waals surface area contributed by atoms with E-state index in [0.717, 1.165) is 19.3 Å². The van der Waals surface area contributed by atoms with Crippen LogP contribution >= 0.6 is 0 Å². The first-order valence-electron chi connectivity index (χ1n) is 10.1. The van der Waals surface area contributed by atoms with E-state index in [1.807, 2.05) is 27.7 Å². The van der Waals surface area contributed by atoms with Crippen molar-refractivity contribution in [3.05, 3.63) is 0 Å². The molecule has 4 nitrogen and oxygen atoms in total. The largest absolute Gasteiger partial charge is 0.463 e. The standard InChI is InChI=1S/C21H40O4/c1-7-9-10-11-12-13-14-15-16-21(5,6)20(23)25-18(17(3)4)19(22)24-8-2/h17-18H,7-16H2,1-6H3. The lowest BCUT2D eigenvalue weighted by atomic mass is 9.86. The van der Waals surface area contributed by atoms with Gasteiger partial charge in [0.1, 0.15) is 0 Å². The quantitative estimate of drug-likeness (QED) is 0.297. The number of hydrogen-bond acceptors (Lipinski definition) is 4. The maximum absolute atomic E-state index is 12.5. The lowest BCUT2D eigenvalue weighted by Crippen LogP contribution is -2.38. The summed E-state index contributed by atoms with van der Waals surface area (Å²) in [5, 5.41) is 0. The Morgan fingerprint density at radius 3 is 1.88 bits per heavy atom. The predicted octanol–water partition coefficient (Wildman–Crippen LogP) is 5.67. The summed E-state index contributed by atoms with van der Waals surface area (Å²) in [7, 11) is 0. The SMILES string of the molecule is CCCCCCCCCCC(C)(C)C(=O)OC(C(=O)OCC)C(C)C. The fourth-order valence-corrected chi connectivity index (χ4v) is 2.76. The summed E-state index contributed by atoms with van der Waals surface area (Å²) in [5.74, 6) is -0.849. The van der Waals surface area contributed by atoms with Gasteiger partial charge in [0, 0.05) is 5.92 Å². The number of unbranched alkanes of at least 4 members (excludes halogenated alkanes) is 7. The van der Waals surface area contributed by atoms with Crippen molar-refractivity contribution in [2.75, 3.05) is 6.61 Å². The fourth-order valence-electron chi connectivity index (χ4n) is 2.76. The van der Waals surface area contributed by atoms with Crippen LogP contribution in [0.5, 0.6) is 0 Å². The number of esters is 2. The molecule has 0 bridgehead atoms. The Hall–Kier alpha value is -1.06. The lowest BCUT2D eigenvalue weighted by Gasteiger charge is -2.27. The first-order valence-corrected chi connectivity index (χ1v) is 10.1.